The number of carbonyl (C=O) groups is 1. The van der Waals surface area contributed by atoms with Crippen molar-refractivity contribution in [2.45, 2.75) is 12.8 Å². The van der Waals surface area contributed by atoms with E-state index >= 15 is 0 Å². The van der Waals surface area contributed by atoms with Gasteiger partial charge in [-0.25, -0.2) is 0 Å². The first-order chi connectivity index (χ1) is 7.17. The number of esters is 1. The maximum atomic E-state index is 10.9. The Balaban J connectivity index is 2.66. The van der Waals surface area contributed by atoms with Crippen molar-refractivity contribution in [2.75, 3.05) is 14.2 Å². The Kier molecular flexibility index (Phi) is 4.43. The molecule has 0 aromatic heterocycles. The second-order valence-corrected chi connectivity index (χ2v) is 3.44. The normalized spacial score (nSPS) is 9.80. The lowest BCUT2D eigenvalue weighted by Gasteiger charge is -2.05. The number of methoxy groups -OCH3 is 2. The monoisotopic (exact) mass is 228 g/mol. The Morgan fingerprint density at radius 3 is 2.67 bits per heavy atom. The van der Waals surface area contributed by atoms with Crippen LogP contribution in [-0.4, -0.2) is 20.2 Å². The van der Waals surface area contributed by atoms with Crippen LogP contribution in [0.5, 0.6) is 5.75 Å². The molecular weight excluding hydrogens is 216 g/mol. The van der Waals surface area contributed by atoms with Crippen molar-refractivity contribution in [3.63, 3.8) is 0 Å². The summed E-state index contributed by atoms with van der Waals surface area (Å²) in [5, 5.41) is 0.609. The fourth-order valence-corrected chi connectivity index (χ4v) is 1.46. The van der Waals surface area contributed by atoms with Gasteiger partial charge in [0.05, 0.1) is 14.2 Å². The molecule has 82 valence electrons. The van der Waals surface area contributed by atoms with Crippen LogP contribution in [-0.2, 0) is 16.0 Å². The van der Waals surface area contributed by atoms with E-state index in [-0.39, 0.29) is 5.97 Å². The summed E-state index contributed by atoms with van der Waals surface area (Å²) in [6, 6.07) is 5.40. The third-order valence-electron chi connectivity index (χ3n) is 2.09. The third kappa shape index (κ3) is 3.44. The van der Waals surface area contributed by atoms with Gasteiger partial charge in [0.1, 0.15) is 5.75 Å². The van der Waals surface area contributed by atoms with Crippen LogP contribution in [0.15, 0.2) is 18.2 Å². The zero-order valence-electron chi connectivity index (χ0n) is 8.75. The van der Waals surface area contributed by atoms with Crippen molar-refractivity contribution >= 4 is 17.6 Å². The molecule has 0 atom stereocenters. The van der Waals surface area contributed by atoms with E-state index in [4.69, 9.17) is 16.3 Å². The highest BCUT2D eigenvalue weighted by Gasteiger charge is 2.05. The minimum absolute atomic E-state index is 0.234. The van der Waals surface area contributed by atoms with Gasteiger partial charge >= 0.3 is 5.97 Å². The molecule has 0 aliphatic carbocycles. The lowest BCUT2D eigenvalue weighted by Crippen LogP contribution is -2.02. The van der Waals surface area contributed by atoms with E-state index in [0.717, 1.165) is 5.56 Å². The molecule has 15 heavy (non-hydrogen) atoms. The Morgan fingerprint density at radius 1 is 1.40 bits per heavy atom. The molecule has 0 unspecified atom stereocenters. The highest BCUT2D eigenvalue weighted by atomic mass is 35.5. The molecule has 0 heterocycles. The molecule has 1 aromatic carbocycles. The molecule has 0 saturated heterocycles. The predicted molar refractivity (Wildman–Crippen MR) is 58.3 cm³/mol. The van der Waals surface area contributed by atoms with Crippen LogP contribution in [0.1, 0.15) is 12.0 Å². The molecule has 0 aliphatic heterocycles. The van der Waals surface area contributed by atoms with E-state index in [1.165, 1.54) is 7.11 Å². The van der Waals surface area contributed by atoms with Crippen molar-refractivity contribution in [1.29, 1.82) is 0 Å². The highest BCUT2D eigenvalue weighted by molar-refractivity contribution is 6.31. The molecule has 0 bridgehead atoms. The first-order valence-electron chi connectivity index (χ1n) is 4.56. The number of hydrogen-bond acceptors (Lipinski definition) is 3. The number of rotatable bonds is 4. The van der Waals surface area contributed by atoms with Gasteiger partial charge in [-0.2, -0.15) is 0 Å². The molecule has 0 fully saturated rings. The minimum Gasteiger partial charge on any atom is -0.497 e. The van der Waals surface area contributed by atoms with Gasteiger partial charge in [-0.1, -0.05) is 17.7 Å². The van der Waals surface area contributed by atoms with E-state index in [1.54, 1.807) is 13.2 Å². The van der Waals surface area contributed by atoms with Crippen LogP contribution in [0.3, 0.4) is 0 Å². The quantitative estimate of drug-likeness (QED) is 0.743. The van der Waals surface area contributed by atoms with Gasteiger partial charge in [0.2, 0.25) is 0 Å². The molecule has 4 heteroatoms. The zero-order chi connectivity index (χ0) is 11.3. The van der Waals surface area contributed by atoms with Crippen molar-refractivity contribution < 1.29 is 14.3 Å². The number of aryl methyl sites for hydroxylation is 1. The molecule has 3 nitrogen and oxygen atoms in total. The standard InChI is InChI=1S/C11H13ClO3/c1-14-9-5-3-8(10(12)7-9)4-6-11(13)15-2/h3,5,7H,4,6H2,1-2H3. The summed E-state index contributed by atoms with van der Waals surface area (Å²) < 4.78 is 9.57. The van der Waals surface area contributed by atoms with E-state index < -0.39 is 0 Å². The second kappa shape index (κ2) is 5.61. The number of carbonyl (C=O) groups excluding carboxylic acids is 1. The summed E-state index contributed by atoms with van der Waals surface area (Å²) in [6.07, 6.45) is 0.915. The molecule has 0 amide bonds. The van der Waals surface area contributed by atoms with E-state index in [1.807, 2.05) is 12.1 Å². The molecule has 0 N–H and O–H groups in total. The van der Waals surface area contributed by atoms with Gasteiger partial charge in [-0.05, 0) is 24.1 Å². The topological polar surface area (TPSA) is 35.5 Å². The predicted octanol–water partition coefficient (Wildman–Crippen LogP) is 2.45. The zero-order valence-corrected chi connectivity index (χ0v) is 9.50. The maximum Gasteiger partial charge on any atom is 0.305 e. The van der Waals surface area contributed by atoms with E-state index in [9.17, 15) is 4.79 Å². The molecule has 0 spiro atoms. The van der Waals surface area contributed by atoms with E-state index in [2.05, 4.69) is 4.74 Å². The second-order valence-electron chi connectivity index (χ2n) is 3.03. The lowest BCUT2D eigenvalue weighted by atomic mass is 10.1. The van der Waals surface area contributed by atoms with Crippen LogP contribution in [0.25, 0.3) is 0 Å². The first-order valence-corrected chi connectivity index (χ1v) is 4.94. The van der Waals surface area contributed by atoms with Crippen molar-refractivity contribution in [1.82, 2.24) is 0 Å². The summed E-state index contributed by atoms with van der Waals surface area (Å²) >= 11 is 6.00. The van der Waals surface area contributed by atoms with Gasteiger partial charge in [0, 0.05) is 11.4 Å². The molecule has 0 saturated carbocycles. The van der Waals surface area contributed by atoms with Gasteiger partial charge in [-0.15, -0.1) is 0 Å². The van der Waals surface area contributed by atoms with Gasteiger partial charge in [0.25, 0.3) is 0 Å². The van der Waals surface area contributed by atoms with Crippen LogP contribution in [0, 0.1) is 0 Å². The van der Waals surface area contributed by atoms with Crippen molar-refractivity contribution in [3.05, 3.63) is 28.8 Å². The summed E-state index contributed by atoms with van der Waals surface area (Å²) in [5.74, 6) is 0.476. The Hall–Kier alpha value is -1.22. The lowest BCUT2D eigenvalue weighted by molar-refractivity contribution is -0.140. The first kappa shape index (κ1) is 11.9. The van der Waals surface area contributed by atoms with Crippen LogP contribution in [0.2, 0.25) is 5.02 Å². The Bertz CT molecular complexity index is 350. The van der Waals surface area contributed by atoms with E-state index in [0.29, 0.717) is 23.6 Å². The molecule has 1 aromatic rings. The summed E-state index contributed by atoms with van der Waals surface area (Å²) in [6.45, 7) is 0. The van der Waals surface area contributed by atoms with Crippen LogP contribution < -0.4 is 4.74 Å². The fourth-order valence-electron chi connectivity index (χ4n) is 1.20. The summed E-state index contributed by atoms with van der Waals surface area (Å²) in [7, 11) is 2.96. The highest BCUT2D eigenvalue weighted by Crippen LogP contribution is 2.23. The van der Waals surface area contributed by atoms with Gasteiger partial charge in [-0.3, -0.25) is 4.79 Å². The number of halogens is 1. The fraction of sp³-hybridized carbons (Fsp3) is 0.364. The average molecular weight is 229 g/mol. The Labute approximate surface area is 93.9 Å². The number of hydrogen-bond donors (Lipinski definition) is 0. The van der Waals surface area contributed by atoms with Crippen LogP contribution >= 0.6 is 11.6 Å². The molecule has 1 rings (SSSR count). The SMILES string of the molecule is COC(=O)CCc1ccc(OC)cc1Cl. The molecule has 0 aliphatic rings. The number of ether oxygens (including phenoxy) is 2. The maximum absolute atomic E-state index is 10.9. The van der Waals surface area contributed by atoms with Crippen molar-refractivity contribution in [3.8, 4) is 5.75 Å². The number of benzene rings is 1. The van der Waals surface area contributed by atoms with Gasteiger partial charge < -0.3 is 9.47 Å². The molecular formula is C11H13ClO3. The third-order valence-corrected chi connectivity index (χ3v) is 2.44. The minimum atomic E-state index is -0.234. The average Bonchev–Trinajstić information content (AvgIpc) is 2.26. The summed E-state index contributed by atoms with van der Waals surface area (Å²) in [4.78, 5) is 10.9. The van der Waals surface area contributed by atoms with Crippen LogP contribution in [0.4, 0.5) is 0 Å². The molecule has 0 radical (unpaired) electrons. The summed E-state index contributed by atoms with van der Waals surface area (Å²) in [5.41, 5.74) is 0.919. The largest absolute Gasteiger partial charge is 0.497 e. The van der Waals surface area contributed by atoms with Crippen molar-refractivity contribution in [2.24, 2.45) is 0 Å². The Morgan fingerprint density at radius 2 is 2.13 bits per heavy atom. The smallest absolute Gasteiger partial charge is 0.305 e. The van der Waals surface area contributed by atoms with Gasteiger partial charge in [0.15, 0.2) is 0 Å².